The summed E-state index contributed by atoms with van der Waals surface area (Å²) >= 11 is 1.26. The lowest BCUT2D eigenvalue weighted by molar-refractivity contribution is 0.0994. The van der Waals surface area contributed by atoms with Crippen LogP contribution in [0.15, 0.2) is 53.7 Å². The van der Waals surface area contributed by atoms with Crippen molar-refractivity contribution < 1.29 is 13.2 Å². The second-order valence-electron chi connectivity index (χ2n) is 6.28. The van der Waals surface area contributed by atoms with Crippen LogP contribution in [0, 0.1) is 6.92 Å². The van der Waals surface area contributed by atoms with E-state index in [0.29, 0.717) is 16.4 Å². The molecule has 3 aromatic rings. The zero-order valence-electron chi connectivity index (χ0n) is 15.5. The third-order valence-electron chi connectivity index (χ3n) is 3.84. The van der Waals surface area contributed by atoms with Gasteiger partial charge in [-0.25, -0.2) is 8.42 Å². The topological polar surface area (TPSA) is 107 Å². The molecule has 3 rings (SSSR count). The van der Waals surface area contributed by atoms with E-state index >= 15 is 0 Å². The molecule has 0 aliphatic heterocycles. The van der Waals surface area contributed by atoms with E-state index in [1.807, 2.05) is 31.2 Å². The zero-order chi connectivity index (χ0) is 20.3. The van der Waals surface area contributed by atoms with Crippen molar-refractivity contribution in [1.29, 1.82) is 0 Å². The van der Waals surface area contributed by atoms with Crippen molar-refractivity contribution in [2.45, 2.75) is 24.3 Å². The van der Waals surface area contributed by atoms with Gasteiger partial charge in [0, 0.05) is 11.3 Å². The normalized spacial score (nSPS) is 12.5. The number of benzene rings is 2. The van der Waals surface area contributed by atoms with E-state index < -0.39 is 15.3 Å². The fourth-order valence-electron chi connectivity index (χ4n) is 2.46. The van der Waals surface area contributed by atoms with Gasteiger partial charge in [-0.2, -0.15) is 4.68 Å². The fourth-order valence-corrected chi connectivity index (χ4v) is 3.91. The van der Waals surface area contributed by atoms with E-state index in [2.05, 4.69) is 20.2 Å². The predicted octanol–water partition coefficient (Wildman–Crippen LogP) is 2.71. The molecule has 0 saturated heterocycles. The van der Waals surface area contributed by atoms with E-state index in [-0.39, 0.29) is 5.78 Å². The first-order chi connectivity index (χ1) is 13.2. The number of thioether (sulfide) groups is 1. The molecule has 0 fully saturated rings. The Kier molecular flexibility index (Phi) is 5.80. The molecule has 1 N–H and O–H groups in total. The smallest absolute Gasteiger partial charge is 0.229 e. The molecule has 1 heterocycles. The Bertz CT molecular complexity index is 1080. The lowest BCUT2D eigenvalue weighted by atomic mass is 10.1. The summed E-state index contributed by atoms with van der Waals surface area (Å²) in [4.78, 5) is 12.7. The van der Waals surface area contributed by atoms with Crippen LogP contribution in [0.1, 0.15) is 22.8 Å². The lowest BCUT2D eigenvalue weighted by Gasteiger charge is -2.11. The molecule has 0 saturated carbocycles. The van der Waals surface area contributed by atoms with Crippen molar-refractivity contribution in [3.8, 4) is 5.69 Å². The molecular weight excluding hydrogens is 398 g/mol. The van der Waals surface area contributed by atoms with Crippen LogP contribution in [-0.4, -0.2) is 45.9 Å². The fraction of sp³-hybridized carbons (Fsp3) is 0.222. The molecule has 0 spiro atoms. The van der Waals surface area contributed by atoms with Crippen LogP contribution in [0.3, 0.4) is 0 Å². The molecule has 0 aliphatic carbocycles. The molecule has 0 radical (unpaired) electrons. The number of aromatic nitrogens is 4. The van der Waals surface area contributed by atoms with Crippen LogP contribution < -0.4 is 4.72 Å². The second kappa shape index (κ2) is 8.11. The van der Waals surface area contributed by atoms with Crippen LogP contribution in [0.5, 0.6) is 0 Å². The van der Waals surface area contributed by atoms with Crippen LogP contribution >= 0.6 is 11.8 Å². The summed E-state index contributed by atoms with van der Waals surface area (Å²) in [6, 6.07) is 14.1. The number of carbonyl (C=O) groups excluding carboxylic acids is 1. The molecule has 1 atom stereocenters. The molecule has 28 heavy (non-hydrogen) atoms. The molecule has 0 unspecified atom stereocenters. The van der Waals surface area contributed by atoms with Gasteiger partial charge in [0.25, 0.3) is 0 Å². The summed E-state index contributed by atoms with van der Waals surface area (Å²) in [5, 5.41) is 11.8. The van der Waals surface area contributed by atoms with E-state index in [4.69, 9.17) is 0 Å². The maximum atomic E-state index is 12.7. The van der Waals surface area contributed by atoms with Crippen molar-refractivity contribution in [3.63, 3.8) is 0 Å². The Labute approximate surface area is 167 Å². The van der Waals surface area contributed by atoms with Gasteiger partial charge < -0.3 is 0 Å². The number of aryl methyl sites for hydroxylation is 1. The predicted molar refractivity (Wildman–Crippen MR) is 108 cm³/mol. The number of anilines is 1. The second-order valence-corrected chi connectivity index (χ2v) is 9.34. The molecular formula is C18H19N5O3S2. The van der Waals surface area contributed by atoms with Crippen LogP contribution in [0.4, 0.5) is 5.69 Å². The highest BCUT2D eigenvalue weighted by Crippen LogP contribution is 2.26. The van der Waals surface area contributed by atoms with Gasteiger partial charge in [0.1, 0.15) is 0 Å². The minimum absolute atomic E-state index is 0.102. The third-order valence-corrected chi connectivity index (χ3v) is 5.48. The Morgan fingerprint density at radius 3 is 2.36 bits per heavy atom. The molecule has 0 aliphatic rings. The number of Topliss-reactive ketones (excluding diaryl/α,β-unsaturated/α-hetero) is 1. The number of carbonyl (C=O) groups is 1. The van der Waals surface area contributed by atoms with Gasteiger partial charge in [0.05, 0.1) is 17.2 Å². The number of tetrazole rings is 1. The molecule has 0 bridgehead atoms. The van der Waals surface area contributed by atoms with Gasteiger partial charge >= 0.3 is 0 Å². The summed E-state index contributed by atoms with van der Waals surface area (Å²) in [6.07, 6.45) is 1.07. The Morgan fingerprint density at radius 2 is 1.75 bits per heavy atom. The summed E-state index contributed by atoms with van der Waals surface area (Å²) in [5.74, 6) is -0.102. The number of sulfonamides is 1. The van der Waals surface area contributed by atoms with Gasteiger partial charge in [-0.1, -0.05) is 29.5 Å². The largest absolute Gasteiger partial charge is 0.293 e. The number of nitrogens with one attached hydrogen (secondary N) is 1. The average Bonchev–Trinajstić information content (AvgIpc) is 3.09. The minimum atomic E-state index is -3.36. The Balaban J connectivity index is 1.73. The van der Waals surface area contributed by atoms with Crippen molar-refractivity contribution in [1.82, 2.24) is 20.2 Å². The molecule has 1 aromatic heterocycles. The molecule has 2 aromatic carbocycles. The SMILES string of the molecule is Cc1ccc(-n2nnnc2S[C@@H](C)C(=O)c2ccc(NS(C)(=O)=O)cc2)cc1. The van der Waals surface area contributed by atoms with Crippen molar-refractivity contribution in [3.05, 3.63) is 59.7 Å². The molecule has 10 heteroatoms. The first-order valence-corrected chi connectivity index (χ1v) is 11.1. The number of hydrogen-bond acceptors (Lipinski definition) is 7. The number of ketones is 1. The van der Waals surface area contributed by atoms with Gasteiger partial charge in [-0.3, -0.25) is 9.52 Å². The summed E-state index contributed by atoms with van der Waals surface area (Å²) in [7, 11) is -3.36. The number of nitrogens with zero attached hydrogens (tertiary/aromatic N) is 4. The standard InChI is InChI=1S/C18H19N5O3S2/c1-12-4-10-16(11-5-12)23-18(19-21-22-23)27-13(2)17(24)14-6-8-15(9-7-14)20-28(3,25)26/h4-11,13,20H,1-3H3/t13-/m0/s1. The monoisotopic (exact) mass is 417 g/mol. The molecule has 146 valence electrons. The number of hydrogen-bond donors (Lipinski definition) is 1. The van der Waals surface area contributed by atoms with Crippen LogP contribution in [-0.2, 0) is 10.0 Å². The Morgan fingerprint density at radius 1 is 1.11 bits per heavy atom. The average molecular weight is 418 g/mol. The minimum Gasteiger partial charge on any atom is -0.293 e. The highest BCUT2D eigenvalue weighted by molar-refractivity contribution is 8.00. The van der Waals surface area contributed by atoms with E-state index in [1.165, 1.54) is 11.8 Å². The van der Waals surface area contributed by atoms with Gasteiger partial charge in [0.2, 0.25) is 15.2 Å². The van der Waals surface area contributed by atoms with Crippen molar-refractivity contribution in [2.75, 3.05) is 11.0 Å². The molecule has 0 amide bonds. The first-order valence-electron chi connectivity index (χ1n) is 8.37. The summed E-state index contributed by atoms with van der Waals surface area (Å²) < 4.78 is 26.5. The summed E-state index contributed by atoms with van der Waals surface area (Å²) in [5.41, 5.74) is 2.83. The highest BCUT2D eigenvalue weighted by Gasteiger charge is 2.20. The number of rotatable bonds is 7. The van der Waals surface area contributed by atoms with E-state index in [0.717, 1.165) is 17.5 Å². The highest BCUT2D eigenvalue weighted by atomic mass is 32.2. The van der Waals surface area contributed by atoms with Crippen LogP contribution in [0.25, 0.3) is 5.69 Å². The van der Waals surface area contributed by atoms with Crippen molar-refractivity contribution in [2.24, 2.45) is 0 Å². The first kappa shape index (κ1) is 20.0. The van der Waals surface area contributed by atoms with E-state index in [1.54, 1.807) is 35.9 Å². The van der Waals surface area contributed by atoms with E-state index in [9.17, 15) is 13.2 Å². The Hall–Kier alpha value is -2.72. The lowest BCUT2D eigenvalue weighted by Crippen LogP contribution is -2.15. The molecule has 8 nitrogen and oxygen atoms in total. The summed E-state index contributed by atoms with van der Waals surface area (Å²) in [6.45, 7) is 3.78. The van der Waals surface area contributed by atoms with Crippen LogP contribution in [0.2, 0.25) is 0 Å². The maximum absolute atomic E-state index is 12.7. The van der Waals surface area contributed by atoms with Gasteiger partial charge in [-0.15, -0.1) is 5.10 Å². The zero-order valence-corrected chi connectivity index (χ0v) is 17.2. The van der Waals surface area contributed by atoms with Gasteiger partial charge in [0.15, 0.2) is 5.78 Å². The van der Waals surface area contributed by atoms with Gasteiger partial charge in [-0.05, 0) is 60.7 Å². The van der Waals surface area contributed by atoms with Crippen molar-refractivity contribution >= 4 is 33.3 Å². The third kappa shape index (κ3) is 4.96. The quantitative estimate of drug-likeness (QED) is 0.465. The maximum Gasteiger partial charge on any atom is 0.229 e.